The van der Waals surface area contributed by atoms with Crippen molar-refractivity contribution in [2.75, 3.05) is 0 Å². The number of pyridine rings is 1. The molecule has 2 heterocycles. The summed E-state index contributed by atoms with van der Waals surface area (Å²) in [4.78, 5) is 16.1. The number of benzene rings is 1. The summed E-state index contributed by atoms with van der Waals surface area (Å²) in [6.45, 7) is 1.29. The lowest BCUT2D eigenvalue weighted by atomic mass is 9.92. The highest BCUT2D eigenvalue weighted by Gasteiger charge is 2.45. The van der Waals surface area contributed by atoms with Crippen molar-refractivity contribution in [3.63, 3.8) is 0 Å². The molecule has 0 radical (unpaired) electrons. The number of esters is 1. The summed E-state index contributed by atoms with van der Waals surface area (Å²) >= 11 is 11.8. The molecule has 7 heteroatoms. The van der Waals surface area contributed by atoms with Gasteiger partial charge in [-0.15, -0.1) is 0 Å². The molecule has 0 spiro atoms. The SMILES string of the molecule is CC1(O)OC(=O)C(c2c(F)cccc2Cl)=C1c1ccc(Cl)nc1. The summed E-state index contributed by atoms with van der Waals surface area (Å²) in [5, 5.41) is 10.7. The number of ether oxygens (including phenoxy) is 1. The maximum atomic E-state index is 14.2. The van der Waals surface area contributed by atoms with Gasteiger partial charge in [-0.2, -0.15) is 0 Å². The highest BCUT2D eigenvalue weighted by atomic mass is 35.5. The molecule has 1 unspecified atom stereocenters. The first-order valence-electron chi connectivity index (χ1n) is 6.58. The molecule has 1 N–H and O–H groups in total. The van der Waals surface area contributed by atoms with E-state index >= 15 is 0 Å². The standard InChI is InChI=1S/C16H10Cl2FNO3/c1-16(22)14(8-5-6-11(18)20-7-8)13(15(21)23-16)12-9(17)3-2-4-10(12)19/h2-7,22H,1H3. The molecule has 0 saturated carbocycles. The van der Waals surface area contributed by atoms with Crippen molar-refractivity contribution in [2.24, 2.45) is 0 Å². The minimum atomic E-state index is -1.94. The maximum absolute atomic E-state index is 14.2. The van der Waals surface area contributed by atoms with Gasteiger partial charge in [-0.05, 0) is 24.3 Å². The molecule has 0 bridgehead atoms. The van der Waals surface area contributed by atoms with Crippen LogP contribution in [0.25, 0.3) is 11.1 Å². The van der Waals surface area contributed by atoms with E-state index in [-0.39, 0.29) is 26.9 Å². The van der Waals surface area contributed by atoms with E-state index in [0.29, 0.717) is 5.56 Å². The van der Waals surface area contributed by atoms with Crippen LogP contribution in [0, 0.1) is 5.82 Å². The molecule has 1 atom stereocenters. The second kappa shape index (κ2) is 5.60. The van der Waals surface area contributed by atoms with Crippen molar-refractivity contribution in [1.82, 2.24) is 4.98 Å². The largest absolute Gasteiger partial charge is 0.425 e. The van der Waals surface area contributed by atoms with Crippen LogP contribution in [-0.2, 0) is 9.53 Å². The number of hydrogen-bond donors (Lipinski definition) is 1. The topological polar surface area (TPSA) is 59.4 Å². The Kier molecular flexibility index (Phi) is 3.88. The van der Waals surface area contributed by atoms with Gasteiger partial charge in [0.2, 0.25) is 5.79 Å². The average molecular weight is 354 g/mol. The van der Waals surface area contributed by atoms with Crippen LogP contribution in [-0.4, -0.2) is 21.8 Å². The van der Waals surface area contributed by atoms with Gasteiger partial charge in [0, 0.05) is 29.8 Å². The molecular formula is C16H10Cl2FNO3. The number of hydrogen-bond acceptors (Lipinski definition) is 4. The van der Waals surface area contributed by atoms with Crippen LogP contribution >= 0.6 is 23.2 Å². The molecular weight excluding hydrogens is 344 g/mol. The number of nitrogens with zero attached hydrogens (tertiary/aromatic N) is 1. The first kappa shape index (κ1) is 15.9. The van der Waals surface area contributed by atoms with Crippen molar-refractivity contribution in [1.29, 1.82) is 0 Å². The zero-order valence-electron chi connectivity index (χ0n) is 11.8. The third-order valence-electron chi connectivity index (χ3n) is 3.44. The Bertz CT molecular complexity index is 811. The lowest BCUT2D eigenvalue weighted by Gasteiger charge is -2.19. The third-order valence-corrected chi connectivity index (χ3v) is 3.98. The van der Waals surface area contributed by atoms with Gasteiger partial charge in [-0.25, -0.2) is 14.2 Å². The molecule has 0 amide bonds. The molecule has 3 rings (SSSR count). The molecule has 1 aliphatic heterocycles. The smallest absolute Gasteiger partial charge is 0.342 e. The Hall–Kier alpha value is -1.95. The van der Waals surface area contributed by atoms with Gasteiger partial charge in [-0.1, -0.05) is 29.3 Å². The number of cyclic esters (lactones) is 1. The molecule has 1 aliphatic rings. The molecule has 2 aromatic rings. The van der Waals surface area contributed by atoms with Crippen LogP contribution in [0.1, 0.15) is 18.1 Å². The van der Waals surface area contributed by atoms with Gasteiger partial charge in [-0.3, -0.25) is 0 Å². The van der Waals surface area contributed by atoms with E-state index in [4.69, 9.17) is 27.9 Å². The Labute approximate surface area is 141 Å². The Balaban J connectivity index is 2.34. The van der Waals surface area contributed by atoms with Crippen molar-refractivity contribution in [3.05, 3.63) is 63.6 Å². The Morgan fingerprint density at radius 3 is 2.61 bits per heavy atom. The number of aromatic nitrogens is 1. The summed E-state index contributed by atoms with van der Waals surface area (Å²) in [5.41, 5.74) is 0.197. The lowest BCUT2D eigenvalue weighted by molar-refractivity contribution is -0.169. The Morgan fingerprint density at radius 1 is 1.26 bits per heavy atom. The van der Waals surface area contributed by atoms with Crippen LogP contribution in [0.2, 0.25) is 10.2 Å². The summed E-state index contributed by atoms with van der Waals surface area (Å²) in [5.74, 6) is -3.50. The number of carbonyl (C=O) groups is 1. The predicted octanol–water partition coefficient (Wildman–Crippen LogP) is 3.70. The van der Waals surface area contributed by atoms with Crippen molar-refractivity contribution < 1.29 is 19.0 Å². The monoisotopic (exact) mass is 353 g/mol. The number of aliphatic hydroxyl groups is 1. The highest BCUT2D eigenvalue weighted by molar-refractivity contribution is 6.37. The van der Waals surface area contributed by atoms with E-state index < -0.39 is 17.6 Å². The van der Waals surface area contributed by atoms with Gasteiger partial charge in [0.1, 0.15) is 11.0 Å². The minimum absolute atomic E-state index is 0.0362. The number of rotatable bonds is 2. The first-order valence-corrected chi connectivity index (χ1v) is 7.33. The van der Waals surface area contributed by atoms with Crippen LogP contribution in [0.3, 0.4) is 0 Å². The average Bonchev–Trinajstić information content (AvgIpc) is 2.69. The van der Waals surface area contributed by atoms with Crippen molar-refractivity contribution in [2.45, 2.75) is 12.7 Å². The molecule has 118 valence electrons. The molecule has 23 heavy (non-hydrogen) atoms. The third kappa shape index (κ3) is 2.72. The van der Waals surface area contributed by atoms with Crippen molar-refractivity contribution in [3.8, 4) is 0 Å². The van der Waals surface area contributed by atoms with Gasteiger partial charge >= 0.3 is 5.97 Å². The number of halogens is 3. The van der Waals surface area contributed by atoms with E-state index in [1.807, 2.05) is 0 Å². The molecule has 1 aromatic heterocycles. The summed E-state index contributed by atoms with van der Waals surface area (Å²) < 4.78 is 19.2. The molecule has 0 fully saturated rings. The summed E-state index contributed by atoms with van der Waals surface area (Å²) in [6, 6.07) is 7.08. The second-order valence-electron chi connectivity index (χ2n) is 5.09. The van der Waals surface area contributed by atoms with Crippen LogP contribution < -0.4 is 0 Å². The van der Waals surface area contributed by atoms with Gasteiger partial charge in [0.25, 0.3) is 0 Å². The fraction of sp³-hybridized carbons (Fsp3) is 0.125. The van der Waals surface area contributed by atoms with Crippen LogP contribution in [0.15, 0.2) is 36.5 Å². The zero-order chi connectivity index (χ0) is 16.8. The van der Waals surface area contributed by atoms with E-state index in [2.05, 4.69) is 4.98 Å². The fourth-order valence-electron chi connectivity index (χ4n) is 2.52. The van der Waals surface area contributed by atoms with Gasteiger partial charge in [0.15, 0.2) is 0 Å². The molecule has 1 aromatic carbocycles. The predicted molar refractivity (Wildman–Crippen MR) is 84.2 cm³/mol. The molecule has 4 nitrogen and oxygen atoms in total. The lowest BCUT2D eigenvalue weighted by Crippen LogP contribution is -2.26. The Morgan fingerprint density at radius 2 is 2.00 bits per heavy atom. The van der Waals surface area contributed by atoms with E-state index in [1.54, 1.807) is 6.07 Å². The van der Waals surface area contributed by atoms with Crippen LogP contribution in [0.4, 0.5) is 4.39 Å². The van der Waals surface area contributed by atoms with Crippen molar-refractivity contribution >= 4 is 40.3 Å². The first-order chi connectivity index (χ1) is 10.8. The van der Waals surface area contributed by atoms with Gasteiger partial charge < -0.3 is 9.84 Å². The fourth-order valence-corrected chi connectivity index (χ4v) is 2.89. The zero-order valence-corrected chi connectivity index (χ0v) is 13.3. The number of carbonyl (C=O) groups excluding carboxylic acids is 1. The molecule has 0 aliphatic carbocycles. The van der Waals surface area contributed by atoms with E-state index in [9.17, 15) is 14.3 Å². The minimum Gasteiger partial charge on any atom is -0.425 e. The second-order valence-corrected chi connectivity index (χ2v) is 5.88. The summed E-state index contributed by atoms with van der Waals surface area (Å²) in [7, 11) is 0. The highest BCUT2D eigenvalue weighted by Crippen LogP contribution is 2.44. The quantitative estimate of drug-likeness (QED) is 0.660. The summed E-state index contributed by atoms with van der Waals surface area (Å²) in [6.07, 6.45) is 1.36. The van der Waals surface area contributed by atoms with E-state index in [0.717, 1.165) is 0 Å². The van der Waals surface area contributed by atoms with Crippen LogP contribution in [0.5, 0.6) is 0 Å². The normalized spacial score (nSPS) is 20.8. The molecule has 0 saturated heterocycles. The van der Waals surface area contributed by atoms with E-state index in [1.165, 1.54) is 37.4 Å². The van der Waals surface area contributed by atoms with Gasteiger partial charge in [0.05, 0.1) is 10.6 Å². The maximum Gasteiger partial charge on any atom is 0.342 e.